The first-order valence-corrected chi connectivity index (χ1v) is 6.79. The zero-order chi connectivity index (χ0) is 13.1. The number of hydrogen-bond donors (Lipinski definition) is 1. The minimum Gasteiger partial charge on any atom is -0.339 e. The van der Waals surface area contributed by atoms with Crippen LogP contribution in [0.15, 0.2) is 28.9 Å². The SMILES string of the molecule is NC1CCC(c2nc(Cc3ccccn3)no2)CC1. The highest BCUT2D eigenvalue weighted by Crippen LogP contribution is 2.31. The minimum absolute atomic E-state index is 0.340. The molecule has 0 saturated heterocycles. The first-order chi connectivity index (χ1) is 9.31. The lowest BCUT2D eigenvalue weighted by Crippen LogP contribution is -2.25. The van der Waals surface area contributed by atoms with Gasteiger partial charge in [-0.25, -0.2) is 0 Å². The van der Waals surface area contributed by atoms with E-state index in [0.717, 1.165) is 37.3 Å². The molecular formula is C14H18N4O. The normalized spacial score (nSPS) is 23.4. The Morgan fingerprint density at radius 2 is 2.05 bits per heavy atom. The van der Waals surface area contributed by atoms with Crippen molar-refractivity contribution in [2.24, 2.45) is 5.73 Å². The lowest BCUT2D eigenvalue weighted by Gasteiger charge is -2.22. The van der Waals surface area contributed by atoms with Gasteiger partial charge >= 0.3 is 0 Å². The van der Waals surface area contributed by atoms with Gasteiger partial charge in [0, 0.05) is 23.9 Å². The van der Waals surface area contributed by atoms with Crippen molar-refractivity contribution in [2.45, 2.75) is 44.1 Å². The Morgan fingerprint density at radius 3 is 2.79 bits per heavy atom. The fourth-order valence-electron chi connectivity index (χ4n) is 2.54. The Hall–Kier alpha value is -1.75. The summed E-state index contributed by atoms with van der Waals surface area (Å²) in [6.07, 6.45) is 6.58. The molecule has 19 heavy (non-hydrogen) atoms. The maximum absolute atomic E-state index is 5.91. The van der Waals surface area contributed by atoms with Crippen LogP contribution >= 0.6 is 0 Å². The van der Waals surface area contributed by atoms with E-state index in [2.05, 4.69) is 15.1 Å². The van der Waals surface area contributed by atoms with Gasteiger partial charge in [-0.2, -0.15) is 4.98 Å². The summed E-state index contributed by atoms with van der Waals surface area (Å²) in [5.41, 5.74) is 6.87. The van der Waals surface area contributed by atoms with E-state index in [-0.39, 0.29) is 0 Å². The van der Waals surface area contributed by atoms with Crippen LogP contribution in [0.2, 0.25) is 0 Å². The number of hydrogen-bond acceptors (Lipinski definition) is 5. The van der Waals surface area contributed by atoms with E-state index in [4.69, 9.17) is 10.3 Å². The first-order valence-electron chi connectivity index (χ1n) is 6.79. The average Bonchev–Trinajstić information content (AvgIpc) is 2.89. The summed E-state index contributed by atoms with van der Waals surface area (Å²) < 4.78 is 5.38. The van der Waals surface area contributed by atoms with Crippen molar-refractivity contribution in [1.29, 1.82) is 0 Å². The lowest BCUT2D eigenvalue weighted by atomic mass is 9.86. The summed E-state index contributed by atoms with van der Waals surface area (Å²) in [6.45, 7) is 0. The molecule has 2 heterocycles. The second kappa shape index (κ2) is 5.48. The van der Waals surface area contributed by atoms with Gasteiger partial charge in [0.05, 0.1) is 6.42 Å². The predicted molar refractivity (Wildman–Crippen MR) is 70.5 cm³/mol. The maximum atomic E-state index is 5.91. The van der Waals surface area contributed by atoms with Crippen LogP contribution in [-0.2, 0) is 6.42 Å². The Morgan fingerprint density at radius 1 is 1.21 bits per heavy atom. The lowest BCUT2D eigenvalue weighted by molar-refractivity contribution is 0.300. The van der Waals surface area contributed by atoms with E-state index in [9.17, 15) is 0 Å². The standard InChI is InChI=1S/C14H18N4O/c15-11-6-4-10(5-7-11)14-17-13(18-19-14)9-12-3-1-2-8-16-12/h1-3,8,10-11H,4-7,9,15H2. The van der Waals surface area contributed by atoms with Crippen LogP contribution in [0.1, 0.15) is 49.0 Å². The topological polar surface area (TPSA) is 77.8 Å². The van der Waals surface area contributed by atoms with E-state index >= 15 is 0 Å². The van der Waals surface area contributed by atoms with Crippen molar-refractivity contribution in [3.8, 4) is 0 Å². The number of nitrogens with zero attached hydrogens (tertiary/aromatic N) is 3. The van der Waals surface area contributed by atoms with Crippen LogP contribution in [0.25, 0.3) is 0 Å². The van der Waals surface area contributed by atoms with Gasteiger partial charge in [-0.15, -0.1) is 0 Å². The van der Waals surface area contributed by atoms with Crippen LogP contribution in [0.5, 0.6) is 0 Å². The molecule has 0 aliphatic heterocycles. The average molecular weight is 258 g/mol. The highest BCUT2D eigenvalue weighted by Gasteiger charge is 2.24. The highest BCUT2D eigenvalue weighted by atomic mass is 16.5. The second-order valence-corrected chi connectivity index (χ2v) is 5.16. The molecule has 0 spiro atoms. The monoisotopic (exact) mass is 258 g/mol. The van der Waals surface area contributed by atoms with Crippen LogP contribution in [-0.4, -0.2) is 21.2 Å². The summed E-state index contributed by atoms with van der Waals surface area (Å²) in [5.74, 6) is 1.85. The fourth-order valence-corrected chi connectivity index (χ4v) is 2.54. The Balaban J connectivity index is 1.66. The highest BCUT2D eigenvalue weighted by molar-refractivity contribution is 5.09. The van der Waals surface area contributed by atoms with Gasteiger partial charge in [0.15, 0.2) is 5.82 Å². The predicted octanol–water partition coefficient (Wildman–Crippen LogP) is 2.04. The molecule has 3 rings (SSSR count). The zero-order valence-corrected chi connectivity index (χ0v) is 10.8. The first kappa shape index (κ1) is 12.3. The molecule has 5 nitrogen and oxygen atoms in total. The fraction of sp³-hybridized carbons (Fsp3) is 0.500. The molecule has 0 amide bonds. The van der Waals surface area contributed by atoms with Crippen molar-refractivity contribution >= 4 is 0 Å². The quantitative estimate of drug-likeness (QED) is 0.911. The van der Waals surface area contributed by atoms with E-state index in [1.807, 2.05) is 18.2 Å². The molecule has 2 N–H and O–H groups in total. The molecule has 0 atom stereocenters. The van der Waals surface area contributed by atoms with Gasteiger partial charge in [0.25, 0.3) is 0 Å². The Labute approximate surface area is 112 Å². The summed E-state index contributed by atoms with van der Waals surface area (Å²) in [5, 5.41) is 4.05. The summed E-state index contributed by atoms with van der Waals surface area (Å²) in [7, 11) is 0. The molecule has 5 heteroatoms. The van der Waals surface area contributed by atoms with Gasteiger partial charge in [0.2, 0.25) is 5.89 Å². The van der Waals surface area contributed by atoms with E-state index < -0.39 is 0 Å². The van der Waals surface area contributed by atoms with Gasteiger partial charge < -0.3 is 10.3 Å². The smallest absolute Gasteiger partial charge is 0.229 e. The summed E-state index contributed by atoms with van der Waals surface area (Å²) in [4.78, 5) is 8.76. The van der Waals surface area contributed by atoms with Crippen molar-refractivity contribution in [3.63, 3.8) is 0 Å². The van der Waals surface area contributed by atoms with Gasteiger partial charge in [-0.3, -0.25) is 4.98 Å². The number of nitrogens with two attached hydrogens (primary N) is 1. The third kappa shape index (κ3) is 2.98. The van der Waals surface area contributed by atoms with Crippen LogP contribution in [0.4, 0.5) is 0 Å². The Bertz CT molecular complexity index is 517. The molecule has 0 radical (unpaired) electrons. The molecule has 0 aromatic carbocycles. The summed E-state index contributed by atoms with van der Waals surface area (Å²) >= 11 is 0. The second-order valence-electron chi connectivity index (χ2n) is 5.16. The van der Waals surface area contributed by atoms with Crippen molar-refractivity contribution < 1.29 is 4.52 Å². The van der Waals surface area contributed by atoms with Gasteiger partial charge in [-0.05, 0) is 37.8 Å². The zero-order valence-electron chi connectivity index (χ0n) is 10.8. The maximum Gasteiger partial charge on any atom is 0.229 e. The molecule has 100 valence electrons. The molecule has 2 aromatic rings. The number of rotatable bonds is 3. The van der Waals surface area contributed by atoms with Crippen LogP contribution in [0.3, 0.4) is 0 Å². The minimum atomic E-state index is 0.340. The molecule has 1 saturated carbocycles. The number of aromatic nitrogens is 3. The van der Waals surface area contributed by atoms with E-state index in [0.29, 0.717) is 24.2 Å². The van der Waals surface area contributed by atoms with Crippen LogP contribution in [0, 0.1) is 0 Å². The molecular weight excluding hydrogens is 240 g/mol. The van der Waals surface area contributed by atoms with Crippen molar-refractivity contribution in [1.82, 2.24) is 15.1 Å². The van der Waals surface area contributed by atoms with Gasteiger partial charge in [0.1, 0.15) is 0 Å². The molecule has 1 aliphatic carbocycles. The summed E-state index contributed by atoms with van der Waals surface area (Å²) in [6, 6.07) is 6.17. The number of pyridine rings is 1. The van der Waals surface area contributed by atoms with Crippen molar-refractivity contribution in [3.05, 3.63) is 41.8 Å². The molecule has 2 aromatic heterocycles. The van der Waals surface area contributed by atoms with Crippen LogP contribution < -0.4 is 5.73 Å². The third-order valence-corrected chi connectivity index (χ3v) is 3.67. The van der Waals surface area contributed by atoms with E-state index in [1.54, 1.807) is 6.20 Å². The molecule has 0 unspecified atom stereocenters. The molecule has 0 bridgehead atoms. The molecule has 1 fully saturated rings. The third-order valence-electron chi connectivity index (χ3n) is 3.67. The van der Waals surface area contributed by atoms with Gasteiger partial charge in [-0.1, -0.05) is 11.2 Å². The largest absolute Gasteiger partial charge is 0.339 e. The molecule has 1 aliphatic rings. The van der Waals surface area contributed by atoms with E-state index in [1.165, 1.54) is 0 Å². The van der Waals surface area contributed by atoms with Crippen molar-refractivity contribution in [2.75, 3.05) is 0 Å². The Kier molecular flexibility index (Phi) is 3.55.